The fourth-order valence-electron chi connectivity index (χ4n) is 3.53. The molecule has 0 unspecified atom stereocenters. The molecule has 1 aliphatic carbocycles. The number of fused-ring (bicyclic) bond motifs is 1. The summed E-state index contributed by atoms with van der Waals surface area (Å²) >= 11 is 0. The van der Waals surface area contributed by atoms with E-state index in [1.165, 1.54) is 12.3 Å². The van der Waals surface area contributed by atoms with Crippen LogP contribution in [0.3, 0.4) is 0 Å². The molecule has 1 saturated carbocycles. The van der Waals surface area contributed by atoms with E-state index in [9.17, 15) is 18.0 Å². The van der Waals surface area contributed by atoms with Crippen LogP contribution in [-0.4, -0.2) is 19.7 Å². The third kappa shape index (κ3) is 3.11. The second-order valence-electron chi connectivity index (χ2n) is 6.65. The maximum atomic E-state index is 12.9. The second-order valence-corrected chi connectivity index (χ2v) is 6.65. The van der Waals surface area contributed by atoms with Gasteiger partial charge in [0.2, 0.25) is 0 Å². The van der Waals surface area contributed by atoms with Gasteiger partial charge in [0.1, 0.15) is 11.2 Å². The van der Waals surface area contributed by atoms with Gasteiger partial charge in [-0.2, -0.15) is 18.3 Å². The Labute approximate surface area is 146 Å². The molecule has 4 rings (SSSR count). The summed E-state index contributed by atoms with van der Waals surface area (Å²) < 4.78 is 40.4. The third-order valence-corrected chi connectivity index (χ3v) is 4.81. The fourth-order valence-corrected chi connectivity index (χ4v) is 3.53. The lowest BCUT2D eigenvalue weighted by molar-refractivity contribution is -0.137. The lowest BCUT2D eigenvalue weighted by atomic mass is 10.1. The van der Waals surface area contributed by atoms with E-state index >= 15 is 0 Å². The van der Waals surface area contributed by atoms with Gasteiger partial charge in [-0.25, -0.2) is 9.67 Å². The number of hydrogen-bond acceptors (Lipinski definition) is 3. The lowest BCUT2D eigenvalue weighted by Gasteiger charge is -2.11. The number of alkyl halides is 3. The molecule has 1 N–H and O–H groups in total. The Kier molecular flexibility index (Phi) is 4.05. The van der Waals surface area contributed by atoms with Gasteiger partial charge in [0.05, 0.1) is 17.8 Å². The molecule has 3 aromatic rings. The summed E-state index contributed by atoms with van der Waals surface area (Å²) in [6.45, 7) is 0. The SMILES string of the molecule is O=c1[nH]c(Cc2cccc(C(F)(F)F)c2)nc2c1cnn2C1CCCC1. The zero-order valence-corrected chi connectivity index (χ0v) is 13.9. The highest BCUT2D eigenvalue weighted by Crippen LogP contribution is 2.31. The minimum Gasteiger partial charge on any atom is -0.310 e. The van der Waals surface area contributed by atoms with Crippen LogP contribution in [0.15, 0.2) is 35.3 Å². The maximum Gasteiger partial charge on any atom is 0.416 e. The van der Waals surface area contributed by atoms with Crippen molar-refractivity contribution in [2.24, 2.45) is 0 Å². The van der Waals surface area contributed by atoms with E-state index in [0.717, 1.165) is 37.8 Å². The summed E-state index contributed by atoms with van der Waals surface area (Å²) in [4.78, 5) is 19.5. The van der Waals surface area contributed by atoms with Crippen LogP contribution in [0.2, 0.25) is 0 Å². The molecule has 5 nitrogen and oxygen atoms in total. The molecule has 0 radical (unpaired) electrons. The monoisotopic (exact) mass is 362 g/mol. The molecule has 0 bridgehead atoms. The quantitative estimate of drug-likeness (QED) is 0.770. The van der Waals surface area contributed by atoms with E-state index in [-0.39, 0.29) is 18.0 Å². The van der Waals surface area contributed by atoms with Crippen LogP contribution in [0.25, 0.3) is 11.0 Å². The summed E-state index contributed by atoms with van der Waals surface area (Å²) in [7, 11) is 0. The molecule has 0 spiro atoms. The maximum absolute atomic E-state index is 12.9. The first-order chi connectivity index (χ1) is 12.4. The van der Waals surface area contributed by atoms with Crippen molar-refractivity contribution in [3.05, 3.63) is 57.8 Å². The summed E-state index contributed by atoms with van der Waals surface area (Å²) in [5, 5.41) is 4.73. The van der Waals surface area contributed by atoms with Gasteiger partial charge >= 0.3 is 6.18 Å². The number of aromatic amines is 1. The molecule has 1 aliphatic rings. The van der Waals surface area contributed by atoms with Crippen molar-refractivity contribution in [3.8, 4) is 0 Å². The topological polar surface area (TPSA) is 63.6 Å². The molecular weight excluding hydrogens is 345 g/mol. The average Bonchev–Trinajstić information content (AvgIpc) is 3.23. The molecule has 0 amide bonds. The number of hydrogen-bond donors (Lipinski definition) is 1. The van der Waals surface area contributed by atoms with Crippen molar-refractivity contribution < 1.29 is 13.2 Å². The summed E-state index contributed by atoms with van der Waals surface area (Å²) in [6, 6.07) is 5.28. The van der Waals surface area contributed by atoms with Gasteiger partial charge in [-0.1, -0.05) is 31.0 Å². The van der Waals surface area contributed by atoms with Gasteiger partial charge in [-0.05, 0) is 24.5 Å². The van der Waals surface area contributed by atoms with Crippen LogP contribution in [-0.2, 0) is 12.6 Å². The van der Waals surface area contributed by atoms with Crippen molar-refractivity contribution in [1.82, 2.24) is 19.7 Å². The Morgan fingerprint density at radius 1 is 1.23 bits per heavy atom. The highest BCUT2D eigenvalue weighted by molar-refractivity contribution is 5.73. The summed E-state index contributed by atoms with van der Waals surface area (Å²) in [5.41, 5.74) is -0.0903. The smallest absolute Gasteiger partial charge is 0.310 e. The van der Waals surface area contributed by atoms with Crippen LogP contribution in [0, 0.1) is 0 Å². The van der Waals surface area contributed by atoms with Gasteiger partial charge in [-0.15, -0.1) is 0 Å². The zero-order chi connectivity index (χ0) is 18.3. The van der Waals surface area contributed by atoms with Crippen molar-refractivity contribution >= 4 is 11.0 Å². The van der Waals surface area contributed by atoms with E-state index in [2.05, 4.69) is 15.1 Å². The molecule has 2 aromatic heterocycles. The van der Waals surface area contributed by atoms with Crippen molar-refractivity contribution in [3.63, 3.8) is 0 Å². The number of benzene rings is 1. The van der Waals surface area contributed by atoms with Gasteiger partial charge < -0.3 is 4.98 Å². The van der Waals surface area contributed by atoms with Gasteiger partial charge in [-0.3, -0.25) is 4.79 Å². The Morgan fingerprint density at radius 2 is 2.00 bits per heavy atom. The standard InChI is InChI=1S/C18H17F3N4O/c19-18(20,21)12-5-3-4-11(8-12)9-15-23-16-14(17(26)24-15)10-22-25(16)13-6-1-2-7-13/h3-5,8,10,13H,1-2,6-7,9H2,(H,23,24,26). The molecule has 0 aliphatic heterocycles. The second kappa shape index (κ2) is 6.26. The highest BCUT2D eigenvalue weighted by Gasteiger charge is 2.30. The molecule has 1 fully saturated rings. The summed E-state index contributed by atoms with van der Waals surface area (Å²) in [5.74, 6) is 0.335. The first-order valence-electron chi connectivity index (χ1n) is 8.54. The minimum atomic E-state index is -4.40. The third-order valence-electron chi connectivity index (χ3n) is 4.81. The van der Waals surface area contributed by atoms with E-state index < -0.39 is 11.7 Å². The van der Waals surface area contributed by atoms with Crippen LogP contribution in [0.1, 0.15) is 48.7 Å². The van der Waals surface area contributed by atoms with Gasteiger partial charge in [0.25, 0.3) is 5.56 Å². The molecule has 2 heterocycles. The molecule has 0 atom stereocenters. The van der Waals surface area contributed by atoms with Gasteiger partial charge in [0.15, 0.2) is 5.65 Å². The molecule has 8 heteroatoms. The van der Waals surface area contributed by atoms with E-state index in [1.807, 2.05) is 0 Å². The zero-order valence-electron chi connectivity index (χ0n) is 13.9. The Morgan fingerprint density at radius 3 is 2.73 bits per heavy atom. The van der Waals surface area contributed by atoms with Crippen molar-refractivity contribution in [2.45, 2.75) is 44.3 Å². The van der Waals surface area contributed by atoms with Crippen LogP contribution in [0.5, 0.6) is 0 Å². The Bertz CT molecular complexity index is 1000. The number of H-pyrrole nitrogens is 1. The van der Waals surface area contributed by atoms with Gasteiger partial charge in [0, 0.05) is 6.42 Å². The molecular formula is C18H17F3N4O. The van der Waals surface area contributed by atoms with Crippen molar-refractivity contribution in [1.29, 1.82) is 0 Å². The largest absolute Gasteiger partial charge is 0.416 e. The van der Waals surface area contributed by atoms with E-state index in [4.69, 9.17) is 0 Å². The van der Waals surface area contributed by atoms with E-state index in [0.29, 0.717) is 22.4 Å². The minimum absolute atomic E-state index is 0.116. The molecule has 136 valence electrons. The predicted molar refractivity (Wildman–Crippen MR) is 89.9 cm³/mol. The Balaban J connectivity index is 1.71. The lowest BCUT2D eigenvalue weighted by Crippen LogP contribution is -2.14. The molecule has 26 heavy (non-hydrogen) atoms. The molecule has 0 saturated heterocycles. The number of aromatic nitrogens is 4. The first-order valence-corrected chi connectivity index (χ1v) is 8.54. The number of rotatable bonds is 3. The number of nitrogens with one attached hydrogen (secondary N) is 1. The number of halogens is 3. The Hall–Kier alpha value is -2.64. The predicted octanol–water partition coefficient (Wildman–Crippen LogP) is 3.84. The van der Waals surface area contributed by atoms with Crippen LogP contribution < -0.4 is 5.56 Å². The normalized spacial score (nSPS) is 15.8. The fraction of sp³-hybridized carbons (Fsp3) is 0.389. The molecule has 1 aromatic carbocycles. The highest BCUT2D eigenvalue weighted by atomic mass is 19.4. The number of nitrogens with zero attached hydrogens (tertiary/aromatic N) is 3. The van der Waals surface area contributed by atoms with Crippen LogP contribution >= 0.6 is 0 Å². The van der Waals surface area contributed by atoms with Crippen LogP contribution in [0.4, 0.5) is 13.2 Å². The van der Waals surface area contributed by atoms with Crippen molar-refractivity contribution in [2.75, 3.05) is 0 Å². The van der Waals surface area contributed by atoms with E-state index in [1.54, 1.807) is 10.7 Å². The summed E-state index contributed by atoms with van der Waals surface area (Å²) in [6.07, 6.45) is 1.45. The average molecular weight is 362 g/mol. The first kappa shape index (κ1) is 16.8.